The molecule has 2 atom stereocenters. The van der Waals surface area contributed by atoms with E-state index in [-0.39, 0.29) is 11.8 Å². The zero-order valence-corrected chi connectivity index (χ0v) is 16.1. The van der Waals surface area contributed by atoms with Crippen molar-refractivity contribution in [3.05, 3.63) is 0 Å². The number of hydrogen-bond donors (Lipinski definition) is 3. The average Bonchev–Trinajstić information content (AvgIpc) is 3.31. The first kappa shape index (κ1) is 18.5. The van der Waals surface area contributed by atoms with Crippen molar-refractivity contribution < 1.29 is 4.79 Å². The maximum atomic E-state index is 12.4. The number of hydrogen-bond acceptors (Lipinski definition) is 2. The Labute approximate surface area is 152 Å². The van der Waals surface area contributed by atoms with Crippen LogP contribution in [0.5, 0.6) is 0 Å². The fraction of sp³-hybridized carbons (Fsp3) is 0.900. The number of carbonyl (C=O) groups is 1. The van der Waals surface area contributed by atoms with Crippen LogP contribution in [0.25, 0.3) is 0 Å². The van der Waals surface area contributed by atoms with Gasteiger partial charge >= 0.3 is 0 Å². The number of rotatable bonds is 6. The minimum absolute atomic E-state index is 0.169. The minimum atomic E-state index is 0.169. The maximum absolute atomic E-state index is 12.4. The van der Waals surface area contributed by atoms with Crippen LogP contribution < -0.4 is 16.0 Å². The van der Waals surface area contributed by atoms with Crippen LogP contribution in [-0.2, 0) is 4.79 Å². The lowest BCUT2D eigenvalue weighted by Crippen LogP contribution is -2.47. The Balaban J connectivity index is 1.52. The largest absolute Gasteiger partial charge is 0.357 e. The van der Waals surface area contributed by atoms with Crippen molar-refractivity contribution in [2.24, 2.45) is 16.3 Å². The van der Waals surface area contributed by atoms with Crippen LogP contribution in [0.4, 0.5) is 0 Å². The summed E-state index contributed by atoms with van der Waals surface area (Å²) in [5.41, 5.74) is 0.377. The molecule has 3 rings (SSSR count). The molecule has 1 amide bonds. The zero-order chi connectivity index (χ0) is 17.7. The van der Waals surface area contributed by atoms with E-state index in [0.717, 1.165) is 57.6 Å². The van der Waals surface area contributed by atoms with Crippen molar-refractivity contribution in [2.45, 2.75) is 90.1 Å². The summed E-state index contributed by atoms with van der Waals surface area (Å²) >= 11 is 0. The smallest absolute Gasteiger partial charge is 0.223 e. The van der Waals surface area contributed by atoms with E-state index in [4.69, 9.17) is 4.99 Å². The summed E-state index contributed by atoms with van der Waals surface area (Å²) in [4.78, 5) is 17.2. The van der Waals surface area contributed by atoms with E-state index in [1.165, 1.54) is 25.7 Å². The lowest BCUT2D eigenvalue weighted by atomic mass is 9.85. The molecule has 0 bridgehead atoms. The summed E-state index contributed by atoms with van der Waals surface area (Å²) in [6.45, 7) is 6.26. The molecule has 2 unspecified atom stereocenters. The van der Waals surface area contributed by atoms with Crippen molar-refractivity contribution in [1.82, 2.24) is 16.0 Å². The molecule has 3 saturated carbocycles. The number of nitrogens with zero attached hydrogens (tertiary/aromatic N) is 1. The predicted octanol–water partition coefficient (Wildman–Crippen LogP) is 2.96. The van der Waals surface area contributed by atoms with Crippen LogP contribution in [0.15, 0.2) is 4.99 Å². The molecule has 0 aromatic rings. The molecule has 0 aromatic heterocycles. The van der Waals surface area contributed by atoms with Gasteiger partial charge in [0, 0.05) is 31.1 Å². The van der Waals surface area contributed by atoms with E-state index >= 15 is 0 Å². The molecule has 0 heterocycles. The third-order valence-electron chi connectivity index (χ3n) is 6.08. The number of nitrogens with one attached hydrogen (secondary N) is 3. The summed E-state index contributed by atoms with van der Waals surface area (Å²) in [5.74, 6) is 1.38. The minimum Gasteiger partial charge on any atom is -0.357 e. The Morgan fingerprint density at radius 1 is 1.04 bits per heavy atom. The van der Waals surface area contributed by atoms with Crippen molar-refractivity contribution in [3.63, 3.8) is 0 Å². The molecule has 0 radical (unpaired) electrons. The van der Waals surface area contributed by atoms with Crippen LogP contribution >= 0.6 is 0 Å². The molecule has 0 spiro atoms. The van der Waals surface area contributed by atoms with Gasteiger partial charge in [-0.2, -0.15) is 0 Å². The van der Waals surface area contributed by atoms with Crippen molar-refractivity contribution >= 4 is 11.9 Å². The van der Waals surface area contributed by atoms with Gasteiger partial charge in [0.2, 0.25) is 5.91 Å². The Bertz CT molecular complexity index is 480. The lowest BCUT2D eigenvalue weighted by molar-refractivity contribution is -0.126. The first-order chi connectivity index (χ1) is 12.1. The second-order valence-electron chi connectivity index (χ2n) is 8.70. The summed E-state index contributed by atoms with van der Waals surface area (Å²) in [5, 5.41) is 10.2. The molecule has 3 aliphatic carbocycles. The third kappa shape index (κ3) is 5.61. The highest BCUT2D eigenvalue weighted by Crippen LogP contribution is 2.37. The molecular formula is C20H36N4O. The molecule has 0 saturated heterocycles. The summed E-state index contributed by atoms with van der Waals surface area (Å²) < 4.78 is 0. The molecular weight excluding hydrogens is 312 g/mol. The van der Waals surface area contributed by atoms with E-state index in [2.05, 4.69) is 29.8 Å². The summed E-state index contributed by atoms with van der Waals surface area (Å²) in [7, 11) is 0. The summed E-state index contributed by atoms with van der Waals surface area (Å²) in [6, 6.07) is 0.824. The lowest BCUT2D eigenvalue weighted by Gasteiger charge is -2.30. The topological polar surface area (TPSA) is 65.5 Å². The Morgan fingerprint density at radius 2 is 1.80 bits per heavy atom. The number of guanidine groups is 1. The molecule has 3 fully saturated rings. The van der Waals surface area contributed by atoms with E-state index in [9.17, 15) is 4.79 Å². The highest BCUT2D eigenvalue weighted by atomic mass is 16.2. The average molecular weight is 349 g/mol. The molecule has 142 valence electrons. The van der Waals surface area contributed by atoms with Crippen LogP contribution in [-0.4, -0.2) is 37.0 Å². The van der Waals surface area contributed by atoms with E-state index in [0.29, 0.717) is 17.5 Å². The number of aliphatic imine (C=N–C) groups is 1. The quantitative estimate of drug-likeness (QED) is 0.511. The standard InChI is InChI=1S/C20H36N4O/c1-3-21-19(22-14-20(2)11-4-5-12-20)24-17-8-6-7-15(13-17)18(25)23-16-9-10-16/h15-17H,3-14H2,1-2H3,(H,23,25)(H2,21,22,24). The van der Waals surface area contributed by atoms with Gasteiger partial charge in [-0.3, -0.25) is 9.79 Å². The van der Waals surface area contributed by atoms with Gasteiger partial charge in [-0.1, -0.05) is 26.2 Å². The first-order valence-corrected chi connectivity index (χ1v) is 10.4. The molecule has 5 heteroatoms. The first-order valence-electron chi connectivity index (χ1n) is 10.4. The van der Waals surface area contributed by atoms with Crippen LogP contribution in [0.3, 0.4) is 0 Å². The highest BCUT2D eigenvalue weighted by molar-refractivity contribution is 5.81. The Kier molecular flexibility index (Phi) is 6.24. The van der Waals surface area contributed by atoms with Crippen LogP contribution in [0, 0.1) is 11.3 Å². The van der Waals surface area contributed by atoms with E-state index < -0.39 is 0 Å². The van der Waals surface area contributed by atoms with Gasteiger partial charge < -0.3 is 16.0 Å². The highest BCUT2D eigenvalue weighted by Gasteiger charge is 2.32. The van der Waals surface area contributed by atoms with Crippen molar-refractivity contribution in [3.8, 4) is 0 Å². The predicted molar refractivity (Wildman–Crippen MR) is 103 cm³/mol. The second kappa shape index (κ2) is 8.41. The fourth-order valence-corrected chi connectivity index (χ4v) is 4.28. The monoisotopic (exact) mass is 348 g/mol. The molecule has 3 aliphatic rings. The van der Waals surface area contributed by atoms with Gasteiger partial charge in [0.15, 0.2) is 5.96 Å². The van der Waals surface area contributed by atoms with Gasteiger partial charge in [-0.25, -0.2) is 0 Å². The SMILES string of the molecule is CCNC(=NCC1(C)CCCC1)NC1CCCC(C(=O)NC2CC2)C1. The van der Waals surface area contributed by atoms with Gasteiger partial charge in [-0.05, 0) is 57.3 Å². The molecule has 0 aromatic carbocycles. The van der Waals surface area contributed by atoms with E-state index in [1.54, 1.807) is 0 Å². The van der Waals surface area contributed by atoms with Crippen LogP contribution in [0.1, 0.15) is 78.1 Å². The molecule has 25 heavy (non-hydrogen) atoms. The van der Waals surface area contributed by atoms with Crippen LogP contribution in [0.2, 0.25) is 0 Å². The third-order valence-corrected chi connectivity index (χ3v) is 6.08. The molecule has 3 N–H and O–H groups in total. The number of carbonyl (C=O) groups excluding carboxylic acids is 1. The normalized spacial score (nSPS) is 29.3. The van der Waals surface area contributed by atoms with Gasteiger partial charge in [-0.15, -0.1) is 0 Å². The zero-order valence-electron chi connectivity index (χ0n) is 16.1. The Morgan fingerprint density at radius 3 is 2.48 bits per heavy atom. The van der Waals surface area contributed by atoms with Gasteiger partial charge in [0.25, 0.3) is 0 Å². The Hall–Kier alpha value is -1.26. The maximum Gasteiger partial charge on any atom is 0.223 e. The fourth-order valence-electron chi connectivity index (χ4n) is 4.28. The number of amides is 1. The van der Waals surface area contributed by atoms with Crippen molar-refractivity contribution in [2.75, 3.05) is 13.1 Å². The molecule has 5 nitrogen and oxygen atoms in total. The second-order valence-corrected chi connectivity index (χ2v) is 8.70. The summed E-state index contributed by atoms with van der Waals surface area (Å²) in [6.07, 6.45) is 11.8. The van der Waals surface area contributed by atoms with E-state index in [1.807, 2.05) is 0 Å². The van der Waals surface area contributed by atoms with Gasteiger partial charge in [0.1, 0.15) is 0 Å². The van der Waals surface area contributed by atoms with Gasteiger partial charge in [0.05, 0.1) is 0 Å². The molecule has 0 aliphatic heterocycles. The van der Waals surface area contributed by atoms with Crippen molar-refractivity contribution in [1.29, 1.82) is 0 Å².